The van der Waals surface area contributed by atoms with Crippen molar-refractivity contribution in [3.63, 3.8) is 0 Å². The number of nitrogens with zero attached hydrogens (tertiary/aromatic N) is 2. The predicted molar refractivity (Wildman–Crippen MR) is 96.7 cm³/mol. The van der Waals surface area contributed by atoms with Crippen LogP contribution in [0.3, 0.4) is 0 Å². The van der Waals surface area contributed by atoms with Crippen molar-refractivity contribution >= 4 is 15.9 Å². The van der Waals surface area contributed by atoms with Crippen LogP contribution in [0, 0.1) is 5.82 Å². The third-order valence-corrected chi connectivity index (χ3v) is 6.72. The van der Waals surface area contributed by atoms with E-state index < -0.39 is 16.1 Å². The number of carbonyl (C=O) groups excluding carboxylic acids is 1. The van der Waals surface area contributed by atoms with Crippen molar-refractivity contribution in [2.45, 2.75) is 24.3 Å². The molecule has 0 bridgehead atoms. The Morgan fingerprint density at radius 2 is 1.81 bits per heavy atom. The van der Waals surface area contributed by atoms with Crippen molar-refractivity contribution in [3.05, 3.63) is 65.5 Å². The van der Waals surface area contributed by atoms with E-state index in [-0.39, 0.29) is 16.6 Å². The largest absolute Gasteiger partial charge is 0.339 e. The zero-order valence-electron chi connectivity index (χ0n) is 14.7. The van der Waals surface area contributed by atoms with Crippen molar-refractivity contribution in [2.75, 3.05) is 20.1 Å². The lowest BCUT2D eigenvalue weighted by molar-refractivity contribution is 0.0651. The molecule has 0 aliphatic carbocycles. The maximum atomic E-state index is 13.1. The van der Waals surface area contributed by atoms with Crippen LogP contribution in [0.25, 0.3) is 0 Å². The molecular formula is C19H21FN2O3S. The van der Waals surface area contributed by atoms with Gasteiger partial charge in [0.05, 0.1) is 4.90 Å². The second kappa shape index (κ2) is 7.17. The van der Waals surface area contributed by atoms with Gasteiger partial charge in [0.2, 0.25) is 10.0 Å². The Balaban J connectivity index is 1.87. The van der Waals surface area contributed by atoms with Gasteiger partial charge in [0.15, 0.2) is 0 Å². The van der Waals surface area contributed by atoms with Gasteiger partial charge in [-0.2, -0.15) is 4.31 Å². The van der Waals surface area contributed by atoms with Crippen molar-refractivity contribution in [2.24, 2.45) is 0 Å². The maximum Gasteiger partial charge on any atom is 0.253 e. The molecular weight excluding hydrogens is 355 g/mol. The monoisotopic (exact) mass is 376 g/mol. The molecule has 0 aromatic heterocycles. The fourth-order valence-electron chi connectivity index (χ4n) is 2.82. The van der Waals surface area contributed by atoms with E-state index in [0.29, 0.717) is 24.2 Å². The summed E-state index contributed by atoms with van der Waals surface area (Å²) in [5.74, 6) is -0.522. The lowest BCUT2D eigenvalue weighted by atomic mass is 10.1. The number of likely N-dealkylation sites (tertiary alicyclic amines) is 1. The molecule has 2 aromatic rings. The van der Waals surface area contributed by atoms with Crippen LogP contribution in [-0.2, 0) is 10.0 Å². The van der Waals surface area contributed by atoms with Gasteiger partial charge in [-0.05, 0) is 49.2 Å². The molecule has 1 saturated heterocycles. The number of rotatable bonds is 5. The summed E-state index contributed by atoms with van der Waals surface area (Å²) < 4.78 is 40.3. The molecule has 1 fully saturated rings. The first kappa shape index (κ1) is 18.5. The zero-order chi connectivity index (χ0) is 18.9. The highest BCUT2D eigenvalue weighted by molar-refractivity contribution is 7.89. The Hall–Kier alpha value is -2.25. The number of carbonyl (C=O) groups is 1. The van der Waals surface area contributed by atoms with Crippen LogP contribution in [0.5, 0.6) is 0 Å². The summed E-state index contributed by atoms with van der Waals surface area (Å²) in [6.07, 6.45) is 0.974. The second-order valence-electron chi connectivity index (χ2n) is 6.42. The van der Waals surface area contributed by atoms with Gasteiger partial charge < -0.3 is 4.90 Å². The van der Waals surface area contributed by atoms with Gasteiger partial charge in [-0.25, -0.2) is 12.8 Å². The summed E-state index contributed by atoms with van der Waals surface area (Å²) in [6.45, 7) is 3.15. The Morgan fingerprint density at radius 1 is 1.15 bits per heavy atom. The molecule has 1 aliphatic heterocycles. The molecule has 1 heterocycles. The van der Waals surface area contributed by atoms with Crippen molar-refractivity contribution < 1.29 is 17.6 Å². The Labute approximate surface area is 153 Å². The molecule has 1 amide bonds. The van der Waals surface area contributed by atoms with Crippen LogP contribution in [0.4, 0.5) is 4.39 Å². The molecule has 5 nitrogen and oxygen atoms in total. The highest BCUT2D eigenvalue weighted by atomic mass is 32.2. The summed E-state index contributed by atoms with van der Waals surface area (Å²) in [5.41, 5.74) is 1.05. The molecule has 2 aromatic carbocycles. The third-order valence-electron chi connectivity index (χ3n) is 4.80. The van der Waals surface area contributed by atoms with Gasteiger partial charge in [-0.15, -0.1) is 0 Å². The number of hydrogen-bond donors (Lipinski definition) is 0. The highest BCUT2D eigenvalue weighted by Crippen LogP contribution is 2.26. The molecule has 3 rings (SSSR count). The zero-order valence-corrected chi connectivity index (χ0v) is 15.5. The first-order valence-corrected chi connectivity index (χ1v) is 9.87. The van der Waals surface area contributed by atoms with E-state index in [1.165, 1.54) is 35.6 Å². The smallest absolute Gasteiger partial charge is 0.253 e. The molecule has 26 heavy (non-hydrogen) atoms. The average Bonchev–Trinajstić information content (AvgIpc) is 2.59. The molecule has 0 saturated carbocycles. The Morgan fingerprint density at radius 3 is 2.38 bits per heavy atom. The summed E-state index contributed by atoms with van der Waals surface area (Å²) in [6, 6.07) is 11.4. The molecule has 0 unspecified atom stereocenters. The minimum absolute atomic E-state index is 0.0698. The van der Waals surface area contributed by atoms with Crippen molar-refractivity contribution in [3.8, 4) is 0 Å². The number of halogens is 1. The summed E-state index contributed by atoms with van der Waals surface area (Å²) in [4.78, 5) is 14.1. The summed E-state index contributed by atoms with van der Waals surface area (Å²) in [7, 11) is -2.32. The van der Waals surface area contributed by atoms with Gasteiger partial charge in [0.1, 0.15) is 5.82 Å². The first-order chi connectivity index (χ1) is 12.3. The lowest BCUT2D eigenvalue weighted by Crippen LogP contribution is -2.42. The fourth-order valence-corrected chi connectivity index (χ4v) is 4.21. The Kier molecular flexibility index (Phi) is 5.11. The van der Waals surface area contributed by atoms with Crippen LogP contribution >= 0.6 is 0 Å². The van der Waals surface area contributed by atoms with Gasteiger partial charge in [0, 0.05) is 31.7 Å². The minimum atomic E-state index is -3.80. The van der Waals surface area contributed by atoms with Crippen LogP contribution in [0.2, 0.25) is 0 Å². The van der Waals surface area contributed by atoms with Crippen molar-refractivity contribution in [1.29, 1.82) is 0 Å². The van der Waals surface area contributed by atoms with E-state index in [4.69, 9.17) is 0 Å². The fraction of sp³-hybridized carbons (Fsp3) is 0.316. The molecule has 7 heteroatoms. The lowest BCUT2D eigenvalue weighted by Gasteiger charge is -2.31. The predicted octanol–water partition coefficient (Wildman–Crippen LogP) is 3.05. The van der Waals surface area contributed by atoms with Gasteiger partial charge in [-0.3, -0.25) is 4.79 Å². The van der Waals surface area contributed by atoms with Crippen molar-refractivity contribution in [1.82, 2.24) is 9.21 Å². The standard InChI is InChI=1S/C19H21FN2O3S/c1-14(15-7-9-17(20)10-8-15)21(2)26(24,25)18-6-3-5-16(13-18)19(23)22-11-4-12-22/h3,5-10,13-14H,4,11-12H2,1-2H3/t14-/m0/s1. The van der Waals surface area contributed by atoms with Gasteiger partial charge in [0.25, 0.3) is 5.91 Å². The molecule has 0 N–H and O–H groups in total. The Bertz CT molecular complexity index is 909. The van der Waals surface area contributed by atoms with E-state index in [2.05, 4.69) is 0 Å². The SMILES string of the molecule is C[C@@H](c1ccc(F)cc1)N(C)S(=O)(=O)c1cccc(C(=O)N2CCC2)c1. The van der Waals surface area contributed by atoms with Gasteiger partial charge >= 0.3 is 0 Å². The summed E-state index contributed by atoms with van der Waals surface area (Å²) >= 11 is 0. The first-order valence-electron chi connectivity index (χ1n) is 8.43. The molecule has 1 atom stereocenters. The minimum Gasteiger partial charge on any atom is -0.339 e. The van der Waals surface area contributed by atoms with E-state index >= 15 is 0 Å². The number of benzene rings is 2. The number of sulfonamides is 1. The van der Waals surface area contributed by atoms with Crippen LogP contribution in [0.1, 0.15) is 35.3 Å². The average molecular weight is 376 g/mol. The van der Waals surface area contributed by atoms with E-state index in [1.807, 2.05) is 0 Å². The quantitative estimate of drug-likeness (QED) is 0.806. The number of amides is 1. The topological polar surface area (TPSA) is 57.7 Å². The van der Waals surface area contributed by atoms with Crippen LogP contribution in [0.15, 0.2) is 53.4 Å². The molecule has 0 radical (unpaired) electrons. The molecule has 0 spiro atoms. The highest BCUT2D eigenvalue weighted by Gasteiger charge is 2.28. The van der Waals surface area contributed by atoms with E-state index in [0.717, 1.165) is 6.42 Å². The van der Waals surface area contributed by atoms with E-state index in [1.54, 1.807) is 36.1 Å². The van der Waals surface area contributed by atoms with Crippen LogP contribution in [-0.4, -0.2) is 43.7 Å². The van der Waals surface area contributed by atoms with Gasteiger partial charge in [-0.1, -0.05) is 18.2 Å². The molecule has 138 valence electrons. The number of hydrogen-bond acceptors (Lipinski definition) is 3. The van der Waals surface area contributed by atoms with E-state index in [9.17, 15) is 17.6 Å². The molecule has 1 aliphatic rings. The maximum absolute atomic E-state index is 13.1. The summed E-state index contributed by atoms with van der Waals surface area (Å²) in [5, 5.41) is 0. The van der Waals surface area contributed by atoms with Crippen LogP contribution < -0.4 is 0 Å². The third kappa shape index (κ3) is 3.50. The normalized spacial score (nSPS) is 15.6. The second-order valence-corrected chi connectivity index (χ2v) is 8.42.